The Morgan fingerprint density at radius 2 is 1.76 bits per heavy atom. The fraction of sp³-hybridized carbons (Fsp3) is 0.562. The normalized spacial score (nSPS) is 13.9. The minimum Gasteiger partial charge on any atom is -0.465 e. The zero-order valence-corrected chi connectivity index (χ0v) is 13.4. The van der Waals surface area contributed by atoms with Gasteiger partial charge in [-0.3, -0.25) is 4.90 Å². The molecule has 0 saturated heterocycles. The van der Waals surface area contributed by atoms with Gasteiger partial charge in [0.1, 0.15) is 11.5 Å². The summed E-state index contributed by atoms with van der Waals surface area (Å²) in [7, 11) is 0. The summed E-state index contributed by atoms with van der Waals surface area (Å²) in [5.41, 5.74) is -1.84. The topological polar surface area (TPSA) is 40.5 Å². The van der Waals surface area contributed by atoms with E-state index in [0.29, 0.717) is 0 Å². The molecule has 0 heterocycles. The highest BCUT2D eigenvalue weighted by atomic mass is 19.1. The third-order valence-corrected chi connectivity index (χ3v) is 3.45. The first kappa shape index (κ1) is 17.4. The predicted molar refractivity (Wildman–Crippen MR) is 78.6 cm³/mol. The summed E-state index contributed by atoms with van der Waals surface area (Å²) in [6, 6.07) is 3.42. The molecule has 0 aliphatic rings. The van der Waals surface area contributed by atoms with E-state index in [1.165, 1.54) is 30.9 Å². The molecule has 21 heavy (non-hydrogen) atoms. The number of carbonyl (C=O) groups is 1. The number of benzene rings is 1. The van der Waals surface area contributed by atoms with E-state index >= 15 is 0 Å². The van der Waals surface area contributed by atoms with Gasteiger partial charge in [0.2, 0.25) is 0 Å². The number of carboxylic acid groups (broad SMARTS) is 1. The van der Waals surface area contributed by atoms with Crippen molar-refractivity contribution in [3.8, 4) is 0 Å². The number of amides is 1. The van der Waals surface area contributed by atoms with Crippen LogP contribution in [0.4, 0.5) is 13.6 Å². The largest absolute Gasteiger partial charge is 0.465 e. The average molecular weight is 299 g/mol. The van der Waals surface area contributed by atoms with Crippen molar-refractivity contribution in [2.75, 3.05) is 0 Å². The van der Waals surface area contributed by atoms with E-state index in [-0.39, 0.29) is 11.1 Å². The molecule has 0 saturated carbocycles. The van der Waals surface area contributed by atoms with Crippen LogP contribution < -0.4 is 0 Å². The first-order chi connectivity index (χ1) is 9.35. The van der Waals surface area contributed by atoms with E-state index in [0.717, 1.165) is 6.07 Å². The lowest BCUT2D eigenvalue weighted by Crippen LogP contribution is -2.46. The van der Waals surface area contributed by atoms with Gasteiger partial charge in [-0.2, -0.15) is 0 Å². The zero-order chi connectivity index (χ0) is 16.6. The summed E-state index contributed by atoms with van der Waals surface area (Å²) in [6.45, 7) is 9.56. The van der Waals surface area contributed by atoms with Crippen molar-refractivity contribution in [2.24, 2.45) is 0 Å². The molecule has 0 fully saturated rings. The highest BCUT2D eigenvalue weighted by Gasteiger charge is 2.33. The van der Waals surface area contributed by atoms with Crippen LogP contribution in [-0.2, 0) is 5.67 Å². The number of hydrogen-bond donors (Lipinski definition) is 1. The Hall–Kier alpha value is -1.65. The smallest absolute Gasteiger partial charge is 0.408 e. The van der Waals surface area contributed by atoms with E-state index in [4.69, 9.17) is 0 Å². The highest BCUT2D eigenvalue weighted by Crippen LogP contribution is 2.32. The van der Waals surface area contributed by atoms with Crippen LogP contribution >= 0.6 is 0 Å². The van der Waals surface area contributed by atoms with Crippen molar-refractivity contribution in [1.29, 1.82) is 0 Å². The van der Waals surface area contributed by atoms with Gasteiger partial charge in [-0.1, -0.05) is 12.1 Å². The molecule has 3 nitrogen and oxygen atoms in total. The van der Waals surface area contributed by atoms with E-state index < -0.39 is 29.2 Å². The van der Waals surface area contributed by atoms with E-state index in [1.807, 2.05) is 0 Å². The Balaban J connectivity index is 3.24. The van der Waals surface area contributed by atoms with Gasteiger partial charge in [-0.25, -0.2) is 13.6 Å². The second-order valence-corrected chi connectivity index (χ2v) is 6.71. The number of alkyl halides is 1. The molecular formula is C16H23F2NO2. The minimum atomic E-state index is -1.64. The van der Waals surface area contributed by atoms with E-state index in [9.17, 15) is 18.7 Å². The van der Waals surface area contributed by atoms with Crippen molar-refractivity contribution in [1.82, 2.24) is 4.90 Å². The Bertz CT molecular complexity index is 530. The number of halogens is 2. The number of hydrogen-bond acceptors (Lipinski definition) is 1. The van der Waals surface area contributed by atoms with Gasteiger partial charge in [0, 0.05) is 11.1 Å². The van der Waals surface area contributed by atoms with Crippen LogP contribution in [0.1, 0.15) is 58.7 Å². The molecule has 0 spiro atoms. The highest BCUT2D eigenvalue weighted by molar-refractivity contribution is 5.66. The monoisotopic (exact) mass is 299 g/mol. The first-order valence-corrected chi connectivity index (χ1v) is 6.87. The molecule has 1 rings (SSSR count). The average Bonchev–Trinajstić information content (AvgIpc) is 2.24. The molecule has 5 heteroatoms. The molecule has 1 amide bonds. The summed E-state index contributed by atoms with van der Waals surface area (Å²) in [5, 5.41) is 9.36. The maximum atomic E-state index is 14.3. The molecular weight excluding hydrogens is 276 g/mol. The number of rotatable bonds is 3. The van der Waals surface area contributed by atoms with Gasteiger partial charge in [-0.05, 0) is 53.2 Å². The lowest BCUT2D eigenvalue weighted by molar-refractivity contribution is 0.0742. The van der Waals surface area contributed by atoms with Crippen molar-refractivity contribution in [3.05, 3.63) is 35.1 Å². The molecule has 1 N–H and O–H groups in total. The van der Waals surface area contributed by atoms with Crippen molar-refractivity contribution >= 4 is 6.09 Å². The lowest BCUT2D eigenvalue weighted by atomic mass is 9.94. The third-order valence-electron chi connectivity index (χ3n) is 3.45. The Kier molecular flexibility index (Phi) is 4.66. The number of nitrogens with zero attached hydrogens (tertiary/aromatic N) is 1. The zero-order valence-electron chi connectivity index (χ0n) is 13.4. The molecule has 0 radical (unpaired) electrons. The standard InChI is InChI=1S/C16H23F2NO2/c1-10(19(14(20)21)15(2,3)4)12-8-7-11(9-13(12)17)16(5,6)18/h7-10H,1-6H3,(H,20,21)/t10-/m0/s1. The van der Waals surface area contributed by atoms with Gasteiger partial charge >= 0.3 is 6.09 Å². The molecule has 1 aromatic rings. The van der Waals surface area contributed by atoms with Gasteiger partial charge in [0.15, 0.2) is 0 Å². The van der Waals surface area contributed by atoms with E-state index in [1.54, 1.807) is 27.7 Å². The summed E-state index contributed by atoms with van der Waals surface area (Å²) >= 11 is 0. The van der Waals surface area contributed by atoms with Crippen molar-refractivity contribution in [3.63, 3.8) is 0 Å². The summed E-state index contributed by atoms with van der Waals surface area (Å²) < 4.78 is 28.1. The van der Waals surface area contributed by atoms with Gasteiger partial charge in [-0.15, -0.1) is 0 Å². The Labute approximate surface area is 124 Å². The molecule has 0 aliphatic heterocycles. The maximum absolute atomic E-state index is 14.3. The van der Waals surface area contributed by atoms with Crippen LogP contribution in [0.3, 0.4) is 0 Å². The van der Waals surface area contributed by atoms with E-state index in [2.05, 4.69) is 0 Å². The fourth-order valence-electron chi connectivity index (χ4n) is 2.41. The molecule has 0 aliphatic carbocycles. The van der Waals surface area contributed by atoms with Crippen LogP contribution in [0.5, 0.6) is 0 Å². The lowest BCUT2D eigenvalue weighted by Gasteiger charge is -2.38. The summed E-state index contributed by atoms with van der Waals surface area (Å²) in [4.78, 5) is 12.6. The first-order valence-electron chi connectivity index (χ1n) is 6.87. The van der Waals surface area contributed by atoms with Crippen LogP contribution in [-0.4, -0.2) is 21.6 Å². The second-order valence-electron chi connectivity index (χ2n) is 6.71. The molecule has 1 atom stereocenters. The maximum Gasteiger partial charge on any atom is 0.408 e. The summed E-state index contributed by atoms with van der Waals surface area (Å²) in [5.74, 6) is -0.596. The third kappa shape index (κ3) is 3.93. The fourth-order valence-corrected chi connectivity index (χ4v) is 2.41. The molecule has 1 aromatic carbocycles. The molecule has 0 bridgehead atoms. The Morgan fingerprint density at radius 3 is 2.10 bits per heavy atom. The van der Waals surface area contributed by atoms with Crippen LogP contribution in [0.25, 0.3) is 0 Å². The van der Waals surface area contributed by atoms with Gasteiger partial charge < -0.3 is 5.11 Å². The van der Waals surface area contributed by atoms with Crippen molar-refractivity contribution < 1.29 is 18.7 Å². The van der Waals surface area contributed by atoms with Crippen molar-refractivity contribution in [2.45, 2.75) is 58.8 Å². The quantitative estimate of drug-likeness (QED) is 0.865. The summed E-state index contributed by atoms with van der Waals surface area (Å²) in [6.07, 6.45) is -1.12. The molecule has 0 unspecified atom stereocenters. The molecule has 118 valence electrons. The van der Waals surface area contributed by atoms with Crippen LogP contribution in [0.2, 0.25) is 0 Å². The Morgan fingerprint density at radius 1 is 1.24 bits per heavy atom. The van der Waals surface area contributed by atoms with Crippen LogP contribution in [0, 0.1) is 5.82 Å². The van der Waals surface area contributed by atoms with Crippen LogP contribution in [0.15, 0.2) is 18.2 Å². The SMILES string of the molecule is C[C@@H](c1ccc(C(C)(C)F)cc1F)N(C(=O)O)C(C)(C)C. The van der Waals surface area contributed by atoms with Gasteiger partial charge in [0.05, 0.1) is 6.04 Å². The minimum absolute atomic E-state index is 0.230. The second kappa shape index (κ2) is 5.62. The van der Waals surface area contributed by atoms with Gasteiger partial charge in [0.25, 0.3) is 0 Å². The molecule has 0 aromatic heterocycles. The predicted octanol–water partition coefficient (Wildman–Crippen LogP) is 4.87.